The summed E-state index contributed by atoms with van der Waals surface area (Å²) in [5, 5.41) is 13.7. The summed E-state index contributed by atoms with van der Waals surface area (Å²) in [5.41, 5.74) is 0.0110. The predicted molar refractivity (Wildman–Crippen MR) is 87.6 cm³/mol. The Morgan fingerprint density at radius 3 is 2.74 bits per heavy atom. The molecule has 8 heteroatoms. The van der Waals surface area contributed by atoms with Gasteiger partial charge in [0.05, 0.1) is 4.92 Å². The van der Waals surface area contributed by atoms with Crippen LogP contribution in [-0.4, -0.2) is 41.7 Å². The molecule has 1 N–H and O–H groups in total. The summed E-state index contributed by atoms with van der Waals surface area (Å²) in [6.45, 7) is 6.57. The molecule has 8 nitrogen and oxygen atoms in total. The van der Waals surface area contributed by atoms with E-state index in [4.69, 9.17) is 4.74 Å². The van der Waals surface area contributed by atoms with Crippen LogP contribution < -0.4 is 10.2 Å². The maximum absolute atomic E-state index is 11.5. The highest BCUT2D eigenvalue weighted by atomic mass is 16.6. The average molecular weight is 324 g/mol. The third-order valence-electron chi connectivity index (χ3n) is 2.97. The number of unbranched alkanes of at least 4 members (excludes halogenated alkanes) is 1. The van der Waals surface area contributed by atoms with E-state index in [1.807, 2.05) is 25.7 Å². The van der Waals surface area contributed by atoms with Gasteiger partial charge in [0, 0.05) is 26.3 Å². The summed E-state index contributed by atoms with van der Waals surface area (Å²) in [6.07, 6.45) is 3.88. The van der Waals surface area contributed by atoms with Gasteiger partial charge in [-0.1, -0.05) is 0 Å². The van der Waals surface area contributed by atoms with Gasteiger partial charge in [0.1, 0.15) is 17.5 Å². The van der Waals surface area contributed by atoms with Gasteiger partial charge in [0.15, 0.2) is 0 Å². The van der Waals surface area contributed by atoms with Crippen molar-refractivity contribution >= 4 is 17.5 Å². The summed E-state index contributed by atoms with van der Waals surface area (Å²) in [4.78, 5) is 27.6. The molecular formula is C15H24N4O4. The molecule has 0 aliphatic rings. The van der Waals surface area contributed by atoms with E-state index in [0.29, 0.717) is 18.8 Å². The van der Waals surface area contributed by atoms with Crippen LogP contribution in [0.1, 0.15) is 33.6 Å². The normalized spacial score (nSPS) is 11.0. The lowest BCUT2D eigenvalue weighted by molar-refractivity contribution is -0.384. The number of anilines is 1. The van der Waals surface area contributed by atoms with Gasteiger partial charge in [0.2, 0.25) is 0 Å². The molecule has 0 bridgehead atoms. The van der Waals surface area contributed by atoms with E-state index in [0.717, 1.165) is 12.8 Å². The van der Waals surface area contributed by atoms with Crippen molar-refractivity contribution in [1.29, 1.82) is 0 Å². The van der Waals surface area contributed by atoms with Crippen molar-refractivity contribution in [3.63, 3.8) is 0 Å². The number of ether oxygens (including phenoxy) is 1. The number of carbonyl (C=O) groups is 1. The molecule has 23 heavy (non-hydrogen) atoms. The highest BCUT2D eigenvalue weighted by Gasteiger charge is 2.17. The quantitative estimate of drug-likeness (QED) is 0.470. The molecule has 0 aliphatic carbocycles. The Morgan fingerprint density at radius 1 is 1.43 bits per heavy atom. The van der Waals surface area contributed by atoms with Crippen LogP contribution in [0.3, 0.4) is 0 Å². The summed E-state index contributed by atoms with van der Waals surface area (Å²) < 4.78 is 5.13. The number of amides is 1. The van der Waals surface area contributed by atoms with Crippen LogP contribution in [0.5, 0.6) is 0 Å². The molecule has 1 amide bonds. The molecule has 0 fully saturated rings. The van der Waals surface area contributed by atoms with E-state index in [1.165, 1.54) is 12.4 Å². The Morgan fingerprint density at radius 2 is 2.13 bits per heavy atom. The van der Waals surface area contributed by atoms with Gasteiger partial charge in [-0.15, -0.1) is 0 Å². The number of carbonyl (C=O) groups excluding carboxylic acids is 1. The van der Waals surface area contributed by atoms with Crippen LogP contribution >= 0.6 is 0 Å². The fourth-order valence-corrected chi connectivity index (χ4v) is 1.94. The first-order valence-electron chi connectivity index (χ1n) is 7.47. The number of nitrogens with zero attached hydrogens (tertiary/aromatic N) is 3. The third-order valence-corrected chi connectivity index (χ3v) is 2.97. The lowest BCUT2D eigenvalue weighted by Crippen LogP contribution is -2.33. The summed E-state index contributed by atoms with van der Waals surface area (Å²) >= 11 is 0. The van der Waals surface area contributed by atoms with Crippen LogP contribution in [-0.2, 0) is 4.74 Å². The predicted octanol–water partition coefficient (Wildman–Crippen LogP) is 2.73. The smallest absolute Gasteiger partial charge is 0.407 e. The van der Waals surface area contributed by atoms with Gasteiger partial charge >= 0.3 is 11.8 Å². The Hall–Kier alpha value is -2.38. The molecule has 0 saturated carbocycles. The number of pyridine rings is 1. The maximum Gasteiger partial charge on any atom is 0.407 e. The van der Waals surface area contributed by atoms with E-state index >= 15 is 0 Å². The number of nitro groups is 1. The zero-order chi connectivity index (χ0) is 17.5. The molecule has 0 aromatic carbocycles. The van der Waals surface area contributed by atoms with Gasteiger partial charge in [0.25, 0.3) is 0 Å². The Kier molecular flexibility index (Phi) is 6.74. The Bertz CT molecular complexity index is 543. The zero-order valence-electron chi connectivity index (χ0n) is 14.0. The van der Waals surface area contributed by atoms with Crippen LogP contribution in [0, 0.1) is 10.1 Å². The van der Waals surface area contributed by atoms with E-state index in [2.05, 4.69) is 10.3 Å². The lowest BCUT2D eigenvalue weighted by Gasteiger charge is -2.20. The summed E-state index contributed by atoms with van der Waals surface area (Å²) in [6, 6.07) is 1.62. The average Bonchev–Trinajstić information content (AvgIpc) is 2.44. The van der Waals surface area contributed by atoms with Crippen molar-refractivity contribution < 1.29 is 14.5 Å². The summed E-state index contributed by atoms with van der Waals surface area (Å²) in [7, 11) is 1.80. The minimum atomic E-state index is -0.509. The SMILES string of the molecule is CN(CCCCNC(=O)OC(C)(C)C)c1ccncc1[N+](=O)[O-]. The largest absolute Gasteiger partial charge is 0.444 e. The van der Waals surface area contributed by atoms with Crippen LogP contribution in [0.2, 0.25) is 0 Å². The second-order valence-electron chi connectivity index (χ2n) is 6.18. The van der Waals surface area contributed by atoms with Gasteiger partial charge in [-0.2, -0.15) is 0 Å². The van der Waals surface area contributed by atoms with Crippen LogP contribution in [0.15, 0.2) is 18.5 Å². The van der Waals surface area contributed by atoms with Crippen LogP contribution in [0.25, 0.3) is 0 Å². The Balaban J connectivity index is 2.34. The fraction of sp³-hybridized carbons (Fsp3) is 0.600. The molecule has 0 aliphatic heterocycles. The number of alkyl carbamates (subject to hydrolysis) is 1. The molecule has 128 valence electrons. The minimum absolute atomic E-state index is 0.0121. The molecule has 0 spiro atoms. The topological polar surface area (TPSA) is 97.6 Å². The highest BCUT2D eigenvalue weighted by Crippen LogP contribution is 2.25. The number of aromatic nitrogens is 1. The molecule has 1 aromatic heterocycles. The molecule has 0 saturated heterocycles. The molecule has 0 radical (unpaired) electrons. The van der Waals surface area contributed by atoms with Gasteiger partial charge in [-0.3, -0.25) is 15.1 Å². The van der Waals surface area contributed by atoms with Gasteiger partial charge < -0.3 is 15.0 Å². The fourth-order valence-electron chi connectivity index (χ4n) is 1.94. The van der Waals surface area contributed by atoms with Gasteiger partial charge in [-0.25, -0.2) is 4.79 Å². The molecule has 1 heterocycles. The molecule has 1 rings (SSSR count). The van der Waals surface area contributed by atoms with Crippen molar-refractivity contribution in [2.75, 3.05) is 25.0 Å². The molecule has 0 unspecified atom stereocenters. The highest BCUT2D eigenvalue weighted by molar-refractivity contribution is 5.67. The van der Waals surface area contributed by atoms with E-state index in [1.54, 1.807) is 13.1 Å². The van der Waals surface area contributed by atoms with Crippen molar-refractivity contribution in [3.8, 4) is 0 Å². The molecule has 1 aromatic rings. The third kappa shape index (κ3) is 6.94. The number of hydrogen-bond donors (Lipinski definition) is 1. The monoisotopic (exact) mass is 324 g/mol. The maximum atomic E-state index is 11.5. The Labute approximate surface area is 136 Å². The minimum Gasteiger partial charge on any atom is -0.444 e. The second-order valence-corrected chi connectivity index (χ2v) is 6.18. The lowest BCUT2D eigenvalue weighted by atomic mass is 10.2. The van der Waals surface area contributed by atoms with E-state index < -0.39 is 16.6 Å². The standard InChI is InChI=1S/C15H24N4O4/c1-15(2,3)23-14(20)17-8-5-6-10-18(4)12-7-9-16-11-13(12)19(21)22/h7,9,11H,5-6,8,10H2,1-4H3,(H,17,20). The van der Waals surface area contributed by atoms with Crippen molar-refractivity contribution in [3.05, 3.63) is 28.6 Å². The molecule has 0 atom stereocenters. The van der Waals surface area contributed by atoms with Crippen LogP contribution in [0.4, 0.5) is 16.2 Å². The van der Waals surface area contributed by atoms with E-state index in [9.17, 15) is 14.9 Å². The van der Waals surface area contributed by atoms with Crippen molar-refractivity contribution in [1.82, 2.24) is 10.3 Å². The number of nitrogens with one attached hydrogen (secondary N) is 1. The number of rotatable bonds is 7. The van der Waals surface area contributed by atoms with Crippen molar-refractivity contribution in [2.45, 2.75) is 39.2 Å². The first-order valence-corrected chi connectivity index (χ1v) is 7.47. The van der Waals surface area contributed by atoms with E-state index in [-0.39, 0.29) is 5.69 Å². The second kappa shape index (κ2) is 8.30. The molecular weight excluding hydrogens is 300 g/mol. The van der Waals surface area contributed by atoms with Gasteiger partial charge in [-0.05, 0) is 39.7 Å². The summed E-state index contributed by atoms with van der Waals surface area (Å²) in [5.74, 6) is 0. The number of hydrogen-bond acceptors (Lipinski definition) is 6. The first-order chi connectivity index (χ1) is 10.7. The first kappa shape index (κ1) is 18.7. The zero-order valence-corrected chi connectivity index (χ0v) is 14.0. The van der Waals surface area contributed by atoms with Crippen molar-refractivity contribution in [2.24, 2.45) is 0 Å².